The van der Waals surface area contributed by atoms with Crippen molar-refractivity contribution in [3.05, 3.63) is 167 Å². The summed E-state index contributed by atoms with van der Waals surface area (Å²) in [4.78, 5) is 7.16. The molecule has 0 unspecified atom stereocenters. The van der Waals surface area contributed by atoms with E-state index in [4.69, 9.17) is 0 Å². The molecular weight excluding hydrogens is 522 g/mol. The molecule has 0 aliphatic carbocycles. The van der Waals surface area contributed by atoms with Crippen molar-refractivity contribution in [3.8, 4) is 0 Å². The maximum absolute atomic E-state index is 2.81. The van der Waals surface area contributed by atoms with E-state index >= 15 is 0 Å². The van der Waals surface area contributed by atoms with Crippen molar-refractivity contribution in [1.82, 2.24) is 4.90 Å². The van der Waals surface area contributed by atoms with Gasteiger partial charge >= 0.3 is 0 Å². The van der Waals surface area contributed by atoms with Crippen molar-refractivity contribution >= 4 is 11.4 Å². The standard InChI is InChI=1S/C40H43N3/c1-41(2)36-26-22-31(23-27-36)39(32-24-28-37(29-25-32)42(3)4)43-30-14-21-38(43)40(33-15-8-5-9-16-33,34-17-10-6-11-18-34)35-19-12-7-13-20-35/h5-13,15-20,22-29,38-39H,14,21,30H2,1-4H3/t38-/m1/s1. The van der Waals surface area contributed by atoms with Crippen molar-refractivity contribution < 1.29 is 0 Å². The molecule has 1 aliphatic heterocycles. The number of rotatable bonds is 9. The number of nitrogens with zero attached hydrogens (tertiary/aromatic N) is 3. The van der Waals surface area contributed by atoms with Crippen LogP contribution in [0.3, 0.4) is 0 Å². The van der Waals surface area contributed by atoms with Gasteiger partial charge in [-0.3, -0.25) is 4.90 Å². The smallest absolute Gasteiger partial charge is 0.0606 e. The summed E-state index contributed by atoms with van der Waals surface area (Å²) in [6.07, 6.45) is 2.27. The van der Waals surface area contributed by atoms with Crippen molar-refractivity contribution in [2.45, 2.75) is 30.3 Å². The van der Waals surface area contributed by atoms with Gasteiger partial charge in [-0.2, -0.15) is 0 Å². The lowest BCUT2D eigenvalue weighted by Gasteiger charge is -2.47. The van der Waals surface area contributed by atoms with Gasteiger partial charge in [-0.25, -0.2) is 0 Å². The monoisotopic (exact) mass is 565 g/mol. The highest BCUT2D eigenvalue weighted by Gasteiger charge is 2.49. The third-order valence-corrected chi connectivity index (χ3v) is 9.26. The molecule has 3 nitrogen and oxygen atoms in total. The van der Waals surface area contributed by atoms with Crippen molar-refractivity contribution in [2.75, 3.05) is 44.5 Å². The van der Waals surface area contributed by atoms with Gasteiger partial charge in [0.15, 0.2) is 0 Å². The minimum atomic E-state index is -0.342. The van der Waals surface area contributed by atoms with Crippen LogP contribution in [0.4, 0.5) is 11.4 Å². The van der Waals surface area contributed by atoms with E-state index in [-0.39, 0.29) is 17.5 Å². The lowest BCUT2D eigenvalue weighted by molar-refractivity contribution is 0.164. The van der Waals surface area contributed by atoms with Gasteiger partial charge < -0.3 is 9.80 Å². The van der Waals surface area contributed by atoms with E-state index in [1.54, 1.807) is 0 Å². The second-order valence-electron chi connectivity index (χ2n) is 12.2. The Kier molecular flexibility index (Phi) is 8.35. The molecule has 218 valence electrons. The Morgan fingerprint density at radius 1 is 0.535 bits per heavy atom. The zero-order valence-corrected chi connectivity index (χ0v) is 25.9. The SMILES string of the molecule is CN(C)c1ccc(C(c2ccc(N(C)C)cc2)N2CCC[C@@H]2C(c2ccccc2)(c2ccccc2)c2ccccc2)cc1. The number of hydrogen-bond acceptors (Lipinski definition) is 3. The van der Waals surface area contributed by atoms with Crippen molar-refractivity contribution in [1.29, 1.82) is 0 Å². The number of hydrogen-bond donors (Lipinski definition) is 0. The molecule has 5 aromatic rings. The fraction of sp³-hybridized carbons (Fsp3) is 0.250. The fourth-order valence-corrected chi connectivity index (χ4v) is 7.23. The zero-order valence-electron chi connectivity index (χ0n) is 25.9. The summed E-state index contributed by atoms with van der Waals surface area (Å²) in [5, 5.41) is 0. The van der Waals surface area contributed by atoms with Crippen LogP contribution in [0.2, 0.25) is 0 Å². The first-order valence-electron chi connectivity index (χ1n) is 15.5. The minimum Gasteiger partial charge on any atom is -0.378 e. The Hall–Kier alpha value is -4.34. The minimum absolute atomic E-state index is 0.121. The molecule has 0 aromatic heterocycles. The molecule has 0 amide bonds. The summed E-state index contributed by atoms with van der Waals surface area (Å²) in [5.74, 6) is 0. The topological polar surface area (TPSA) is 9.72 Å². The Morgan fingerprint density at radius 2 is 0.907 bits per heavy atom. The van der Waals surface area contributed by atoms with Gasteiger partial charge in [-0.05, 0) is 71.5 Å². The van der Waals surface area contributed by atoms with Crippen molar-refractivity contribution in [3.63, 3.8) is 0 Å². The second kappa shape index (κ2) is 12.5. The van der Waals surface area contributed by atoms with Crippen LogP contribution in [0.5, 0.6) is 0 Å². The average molecular weight is 566 g/mol. The first-order valence-corrected chi connectivity index (χ1v) is 15.5. The first-order chi connectivity index (χ1) is 21.0. The van der Waals surface area contributed by atoms with Gasteiger partial charge in [0, 0.05) is 45.6 Å². The third kappa shape index (κ3) is 5.46. The molecule has 6 rings (SSSR count). The maximum Gasteiger partial charge on any atom is 0.0606 e. The molecular formula is C40H43N3. The molecule has 1 heterocycles. The summed E-state index contributed by atoms with van der Waals surface area (Å²) >= 11 is 0. The lowest BCUT2D eigenvalue weighted by atomic mass is 9.63. The van der Waals surface area contributed by atoms with Crippen LogP contribution in [-0.2, 0) is 5.41 Å². The predicted molar refractivity (Wildman–Crippen MR) is 182 cm³/mol. The Balaban J connectivity index is 1.58. The highest BCUT2D eigenvalue weighted by Crippen LogP contribution is 2.50. The molecule has 3 heteroatoms. The van der Waals surface area contributed by atoms with E-state index in [2.05, 4.69) is 182 Å². The van der Waals surface area contributed by atoms with Gasteiger partial charge in [0.1, 0.15) is 0 Å². The van der Waals surface area contributed by atoms with E-state index in [1.807, 2.05) is 0 Å². The summed E-state index contributed by atoms with van der Waals surface area (Å²) in [5.41, 5.74) is 8.78. The highest BCUT2D eigenvalue weighted by atomic mass is 15.2. The molecule has 0 saturated carbocycles. The number of likely N-dealkylation sites (tertiary alicyclic amines) is 1. The van der Waals surface area contributed by atoms with E-state index in [9.17, 15) is 0 Å². The van der Waals surface area contributed by atoms with Gasteiger partial charge in [-0.1, -0.05) is 115 Å². The van der Waals surface area contributed by atoms with Crippen LogP contribution in [0.1, 0.15) is 46.7 Å². The zero-order chi connectivity index (χ0) is 29.8. The van der Waals surface area contributed by atoms with E-state index in [0.717, 1.165) is 19.4 Å². The summed E-state index contributed by atoms with van der Waals surface area (Å²) < 4.78 is 0. The van der Waals surface area contributed by atoms with Crippen LogP contribution < -0.4 is 9.80 Å². The molecule has 0 radical (unpaired) electrons. The van der Waals surface area contributed by atoms with Crippen molar-refractivity contribution in [2.24, 2.45) is 0 Å². The predicted octanol–water partition coefficient (Wildman–Crippen LogP) is 8.41. The molecule has 0 bridgehead atoms. The maximum atomic E-state index is 2.81. The Bertz CT molecular complexity index is 1430. The van der Waals surface area contributed by atoms with E-state index in [0.29, 0.717) is 0 Å². The molecule has 1 aliphatic rings. The van der Waals surface area contributed by atoms with Gasteiger partial charge in [-0.15, -0.1) is 0 Å². The van der Waals surface area contributed by atoms with E-state index < -0.39 is 0 Å². The van der Waals surface area contributed by atoms with Gasteiger partial charge in [0.2, 0.25) is 0 Å². The molecule has 43 heavy (non-hydrogen) atoms. The first kappa shape index (κ1) is 28.8. The van der Waals surface area contributed by atoms with Crippen LogP contribution in [0.15, 0.2) is 140 Å². The van der Waals surface area contributed by atoms with E-state index in [1.165, 1.54) is 39.2 Å². The van der Waals surface area contributed by atoms with Crippen LogP contribution in [0.25, 0.3) is 0 Å². The fourth-order valence-electron chi connectivity index (χ4n) is 7.23. The molecule has 0 spiro atoms. The number of benzene rings is 5. The highest BCUT2D eigenvalue weighted by molar-refractivity contribution is 5.55. The molecule has 1 atom stereocenters. The van der Waals surface area contributed by atoms with Crippen LogP contribution >= 0.6 is 0 Å². The summed E-state index contributed by atoms with van der Waals surface area (Å²) in [7, 11) is 8.43. The van der Waals surface area contributed by atoms with Gasteiger partial charge in [0.25, 0.3) is 0 Å². The normalized spacial score (nSPS) is 15.5. The second-order valence-corrected chi connectivity index (χ2v) is 12.2. The molecule has 1 saturated heterocycles. The van der Waals surface area contributed by atoms with Crippen LogP contribution in [-0.4, -0.2) is 45.7 Å². The number of anilines is 2. The summed E-state index contributed by atoms with van der Waals surface area (Å²) in [6.45, 7) is 1.04. The lowest BCUT2D eigenvalue weighted by Crippen LogP contribution is -2.50. The third-order valence-electron chi connectivity index (χ3n) is 9.26. The quantitative estimate of drug-likeness (QED) is 0.166. The molecule has 1 fully saturated rings. The van der Waals surface area contributed by atoms with Crippen LogP contribution in [0, 0.1) is 0 Å². The largest absolute Gasteiger partial charge is 0.378 e. The average Bonchev–Trinajstić information content (AvgIpc) is 3.53. The Labute approximate surface area is 258 Å². The molecule has 0 N–H and O–H groups in total. The molecule has 5 aromatic carbocycles. The summed E-state index contributed by atoms with van der Waals surface area (Å²) in [6, 6.07) is 52.4. The van der Waals surface area contributed by atoms with Gasteiger partial charge in [0.05, 0.1) is 11.5 Å². The Morgan fingerprint density at radius 3 is 1.26 bits per heavy atom.